The van der Waals surface area contributed by atoms with Crippen molar-refractivity contribution in [3.05, 3.63) is 30.4 Å². The second-order valence-corrected chi connectivity index (χ2v) is 3.69. The molecule has 0 amide bonds. The Morgan fingerprint density at radius 2 is 2.11 bits per heavy atom. The number of hydrogen-bond donors (Lipinski definition) is 2. The second-order valence-electron chi connectivity index (χ2n) is 3.69. The van der Waals surface area contributed by atoms with Gasteiger partial charge in [-0.05, 0) is 6.07 Å². The van der Waals surface area contributed by atoms with Gasteiger partial charge < -0.3 is 10.4 Å². The van der Waals surface area contributed by atoms with Gasteiger partial charge in [0.05, 0.1) is 19.3 Å². The maximum atomic E-state index is 10.6. The van der Waals surface area contributed by atoms with Gasteiger partial charge in [0.25, 0.3) is 0 Å². The van der Waals surface area contributed by atoms with Gasteiger partial charge in [-0.2, -0.15) is 5.10 Å². The number of hydrogen-bond acceptors (Lipinski definition) is 5. The number of rotatable bonds is 7. The molecule has 2 aromatic heterocycles. The van der Waals surface area contributed by atoms with Crippen molar-refractivity contribution in [1.82, 2.24) is 30.1 Å². The molecular weight excluding hydrogens is 236 g/mol. The van der Waals surface area contributed by atoms with Gasteiger partial charge in [0.15, 0.2) is 5.69 Å². The molecule has 18 heavy (non-hydrogen) atoms. The van der Waals surface area contributed by atoms with Crippen molar-refractivity contribution in [2.75, 3.05) is 13.1 Å². The van der Waals surface area contributed by atoms with Crippen molar-refractivity contribution in [3.63, 3.8) is 0 Å². The first-order valence-corrected chi connectivity index (χ1v) is 5.57. The highest BCUT2D eigenvalue weighted by Gasteiger charge is 2.07. The first-order valence-electron chi connectivity index (χ1n) is 5.57. The van der Waals surface area contributed by atoms with E-state index in [1.165, 1.54) is 10.9 Å². The molecule has 0 radical (unpaired) electrons. The van der Waals surface area contributed by atoms with Crippen LogP contribution in [-0.2, 0) is 13.1 Å². The molecular formula is C10H14N6O2. The summed E-state index contributed by atoms with van der Waals surface area (Å²) in [7, 11) is 0. The van der Waals surface area contributed by atoms with Gasteiger partial charge in [-0.15, -0.1) is 5.10 Å². The fraction of sp³-hybridized carbons (Fsp3) is 0.400. The summed E-state index contributed by atoms with van der Waals surface area (Å²) in [5, 5.41) is 23.2. The molecule has 0 aromatic carbocycles. The maximum Gasteiger partial charge on any atom is 0.358 e. The standard InChI is InChI=1S/C10H14N6O2/c17-10(18)9-8-16(14-13-9)7-4-11-3-6-15-5-1-2-12-15/h1-2,5,8,11H,3-4,6-7H2,(H,17,18). The molecule has 0 fully saturated rings. The fourth-order valence-electron chi connectivity index (χ4n) is 1.45. The molecule has 0 bridgehead atoms. The first-order chi connectivity index (χ1) is 8.75. The number of nitrogens with zero attached hydrogens (tertiary/aromatic N) is 5. The summed E-state index contributed by atoms with van der Waals surface area (Å²) in [6.45, 7) is 2.87. The summed E-state index contributed by atoms with van der Waals surface area (Å²) in [6.07, 6.45) is 5.05. The zero-order chi connectivity index (χ0) is 12.8. The summed E-state index contributed by atoms with van der Waals surface area (Å²) in [6, 6.07) is 1.88. The molecule has 0 aliphatic heterocycles. The van der Waals surface area contributed by atoms with Gasteiger partial charge in [-0.25, -0.2) is 4.79 Å². The highest BCUT2D eigenvalue weighted by molar-refractivity contribution is 5.84. The minimum Gasteiger partial charge on any atom is -0.476 e. The van der Waals surface area contributed by atoms with Crippen LogP contribution >= 0.6 is 0 Å². The Bertz CT molecular complexity index is 492. The topological polar surface area (TPSA) is 97.9 Å². The molecule has 0 unspecified atom stereocenters. The number of aromatic carboxylic acids is 1. The molecule has 0 saturated carbocycles. The van der Waals surface area contributed by atoms with Crippen LogP contribution in [0.5, 0.6) is 0 Å². The van der Waals surface area contributed by atoms with E-state index in [4.69, 9.17) is 5.11 Å². The summed E-state index contributed by atoms with van der Waals surface area (Å²) < 4.78 is 3.34. The van der Waals surface area contributed by atoms with Crippen LogP contribution in [0.25, 0.3) is 0 Å². The minimum absolute atomic E-state index is 0.0356. The summed E-state index contributed by atoms with van der Waals surface area (Å²) in [4.78, 5) is 10.6. The minimum atomic E-state index is -1.06. The number of carbonyl (C=O) groups is 1. The van der Waals surface area contributed by atoms with Crippen molar-refractivity contribution in [3.8, 4) is 0 Å². The molecule has 8 nitrogen and oxygen atoms in total. The predicted molar refractivity (Wildman–Crippen MR) is 62.1 cm³/mol. The van der Waals surface area contributed by atoms with Crippen molar-refractivity contribution < 1.29 is 9.90 Å². The monoisotopic (exact) mass is 250 g/mol. The fourth-order valence-corrected chi connectivity index (χ4v) is 1.45. The zero-order valence-electron chi connectivity index (χ0n) is 9.73. The van der Waals surface area contributed by atoms with Crippen LogP contribution in [0, 0.1) is 0 Å². The van der Waals surface area contributed by atoms with E-state index < -0.39 is 5.97 Å². The third kappa shape index (κ3) is 3.39. The molecule has 2 N–H and O–H groups in total. The van der Waals surface area contributed by atoms with Crippen molar-refractivity contribution in [2.45, 2.75) is 13.1 Å². The van der Waals surface area contributed by atoms with Crippen LogP contribution in [0.15, 0.2) is 24.7 Å². The maximum absolute atomic E-state index is 10.6. The van der Waals surface area contributed by atoms with Crippen LogP contribution in [0.2, 0.25) is 0 Å². The van der Waals surface area contributed by atoms with Crippen LogP contribution in [0.3, 0.4) is 0 Å². The molecule has 0 atom stereocenters. The van der Waals surface area contributed by atoms with E-state index in [-0.39, 0.29) is 5.69 Å². The van der Waals surface area contributed by atoms with Crippen LogP contribution in [0.1, 0.15) is 10.5 Å². The van der Waals surface area contributed by atoms with Crippen LogP contribution in [-0.4, -0.2) is 48.9 Å². The van der Waals surface area contributed by atoms with E-state index >= 15 is 0 Å². The molecule has 0 spiro atoms. The van der Waals surface area contributed by atoms with E-state index in [0.717, 1.165) is 13.1 Å². The van der Waals surface area contributed by atoms with Crippen molar-refractivity contribution in [2.24, 2.45) is 0 Å². The van der Waals surface area contributed by atoms with Gasteiger partial charge in [-0.1, -0.05) is 5.21 Å². The predicted octanol–water partition coefficient (Wildman–Crippen LogP) is -0.537. The zero-order valence-corrected chi connectivity index (χ0v) is 9.73. The van der Waals surface area contributed by atoms with E-state index in [9.17, 15) is 4.79 Å². The number of nitrogens with one attached hydrogen (secondary N) is 1. The summed E-state index contributed by atoms with van der Waals surface area (Å²) >= 11 is 0. The number of carboxylic acids is 1. The lowest BCUT2D eigenvalue weighted by molar-refractivity contribution is 0.0690. The Morgan fingerprint density at radius 1 is 1.33 bits per heavy atom. The van der Waals surface area contributed by atoms with Crippen LogP contribution in [0.4, 0.5) is 0 Å². The molecule has 0 aliphatic carbocycles. The average molecular weight is 250 g/mol. The van der Waals surface area contributed by atoms with E-state index in [0.29, 0.717) is 13.1 Å². The highest BCUT2D eigenvalue weighted by atomic mass is 16.4. The highest BCUT2D eigenvalue weighted by Crippen LogP contribution is 1.91. The van der Waals surface area contributed by atoms with Gasteiger partial charge in [-0.3, -0.25) is 9.36 Å². The second kappa shape index (κ2) is 5.92. The number of aromatic nitrogens is 5. The Morgan fingerprint density at radius 3 is 2.72 bits per heavy atom. The molecule has 8 heteroatoms. The Labute approximate surface area is 103 Å². The molecule has 96 valence electrons. The molecule has 2 aromatic rings. The summed E-state index contributed by atoms with van der Waals surface area (Å²) in [5.41, 5.74) is -0.0356. The van der Waals surface area contributed by atoms with Crippen molar-refractivity contribution >= 4 is 5.97 Å². The lowest BCUT2D eigenvalue weighted by Crippen LogP contribution is -2.24. The smallest absolute Gasteiger partial charge is 0.358 e. The van der Waals surface area contributed by atoms with Crippen LogP contribution < -0.4 is 5.32 Å². The normalized spacial score (nSPS) is 10.7. The number of carboxylic acid groups (broad SMARTS) is 1. The third-order valence-corrected chi connectivity index (χ3v) is 2.35. The lowest BCUT2D eigenvalue weighted by atomic mass is 10.5. The molecule has 0 aliphatic rings. The van der Waals surface area contributed by atoms with Gasteiger partial charge in [0.2, 0.25) is 0 Å². The summed E-state index contributed by atoms with van der Waals surface area (Å²) in [5.74, 6) is -1.06. The lowest BCUT2D eigenvalue weighted by Gasteiger charge is -2.04. The SMILES string of the molecule is O=C(O)c1cn(CCNCCn2cccn2)nn1. The Kier molecular flexibility index (Phi) is 4.02. The van der Waals surface area contributed by atoms with E-state index in [1.54, 1.807) is 6.20 Å². The largest absolute Gasteiger partial charge is 0.476 e. The quantitative estimate of drug-likeness (QED) is 0.641. The molecule has 2 rings (SSSR count). The van der Waals surface area contributed by atoms with Gasteiger partial charge in [0.1, 0.15) is 0 Å². The first kappa shape index (κ1) is 12.2. The third-order valence-electron chi connectivity index (χ3n) is 2.35. The Balaban J connectivity index is 1.64. The molecule has 0 saturated heterocycles. The van der Waals surface area contributed by atoms with Crippen molar-refractivity contribution in [1.29, 1.82) is 0 Å². The van der Waals surface area contributed by atoms with E-state index in [2.05, 4.69) is 20.7 Å². The Hall–Kier alpha value is -2.22. The molecule has 2 heterocycles. The average Bonchev–Trinajstić information content (AvgIpc) is 2.98. The van der Waals surface area contributed by atoms with Gasteiger partial charge in [0, 0.05) is 25.5 Å². The van der Waals surface area contributed by atoms with Gasteiger partial charge >= 0.3 is 5.97 Å². The van der Waals surface area contributed by atoms with E-state index in [1.807, 2.05) is 16.9 Å².